The highest BCUT2D eigenvalue weighted by Gasteiger charge is 2.14. The standard InChI is InChI=1S/C13H26N4S/c1-5-11(4)18-9-12(14-6-2)8-13-15-10-16-17(13)7-3/h10-12,14H,5-9H2,1-4H3. The summed E-state index contributed by atoms with van der Waals surface area (Å²) < 4.78 is 1.98. The van der Waals surface area contributed by atoms with Gasteiger partial charge in [-0.05, 0) is 19.9 Å². The first-order chi connectivity index (χ1) is 8.71. The normalized spacial score (nSPS) is 14.7. The van der Waals surface area contributed by atoms with Crippen LogP contribution in [0.4, 0.5) is 0 Å². The Labute approximate surface area is 115 Å². The molecule has 2 atom stereocenters. The van der Waals surface area contributed by atoms with Crippen LogP contribution in [0.1, 0.15) is 39.9 Å². The van der Waals surface area contributed by atoms with Crippen LogP contribution in [0.3, 0.4) is 0 Å². The number of rotatable bonds is 9. The van der Waals surface area contributed by atoms with Gasteiger partial charge in [-0.25, -0.2) is 4.98 Å². The van der Waals surface area contributed by atoms with Crippen LogP contribution < -0.4 is 5.32 Å². The number of aromatic nitrogens is 3. The Kier molecular flexibility index (Phi) is 7.35. The molecule has 0 bridgehead atoms. The lowest BCUT2D eigenvalue weighted by Crippen LogP contribution is -2.34. The van der Waals surface area contributed by atoms with E-state index >= 15 is 0 Å². The van der Waals surface area contributed by atoms with Crippen molar-refractivity contribution in [1.82, 2.24) is 20.1 Å². The van der Waals surface area contributed by atoms with Crippen LogP contribution in [0.25, 0.3) is 0 Å². The van der Waals surface area contributed by atoms with Crippen LogP contribution in [0.5, 0.6) is 0 Å². The van der Waals surface area contributed by atoms with Crippen molar-refractivity contribution >= 4 is 11.8 Å². The maximum Gasteiger partial charge on any atom is 0.138 e. The molecule has 1 N–H and O–H groups in total. The molecule has 1 heterocycles. The summed E-state index contributed by atoms with van der Waals surface area (Å²) in [5, 5.41) is 8.51. The van der Waals surface area contributed by atoms with Gasteiger partial charge in [0.05, 0.1) is 0 Å². The third-order valence-electron chi connectivity index (χ3n) is 3.07. The number of nitrogens with one attached hydrogen (secondary N) is 1. The zero-order valence-corrected chi connectivity index (χ0v) is 12.8. The summed E-state index contributed by atoms with van der Waals surface area (Å²) in [6.45, 7) is 10.7. The second-order valence-electron chi connectivity index (χ2n) is 4.50. The van der Waals surface area contributed by atoms with Gasteiger partial charge in [-0.1, -0.05) is 20.8 Å². The molecule has 4 nitrogen and oxygen atoms in total. The highest BCUT2D eigenvalue weighted by atomic mass is 32.2. The van der Waals surface area contributed by atoms with Crippen molar-refractivity contribution in [2.24, 2.45) is 0 Å². The number of aryl methyl sites for hydroxylation is 1. The zero-order chi connectivity index (χ0) is 13.4. The second-order valence-corrected chi connectivity index (χ2v) is 5.97. The maximum atomic E-state index is 4.36. The van der Waals surface area contributed by atoms with E-state index in [4.69, 9.17) is 0 Å². The molecular weight excluding hydrogens is 244 g/mol. The monoisotopic (exact) mass is 270 g/mol. The lowest BCUT2D eigenvalue weighted by atomic mass is 10.2. The molecule has 1 rings (SSSR count). The molecule has 0 aliphatic carbocycles. The molecule has 0 amide bonds. The Morgan fingerprint density at radius 2 is 2.17 bits per heavy atom. The summed E-state index contributed by atoms with van der Waals surface area (Å²) in [5.74, 6) is 2.23. The van der Waals surface area contributed by atoms with E-state index in [0.29, 0.717) is 6.04 Å². The van der Waals surface area contributed by atoms with Gasteiger partial charge in [-0.2, -0.15) is 16.9 Å². The van der Waals surface area contributed by atoms with Gasteiger partial charge >= 0.3 is 0 Å². The third kappa shape index (κ3) is 4.98. The zero-order valence-electron chi connectivity index (χ0n) is 12.0. The van der Waals surface area contributed by atoms with E-state index in [9.17, 15) is 0 Å². The fraction of sp³-hybridized carbons (Fsp3) is 0.846. The molecular formula is C13H26N4S. The molecule has 0 saturated heterocycles. The van der Waals surface area contributed by atoms with Crippen molar-refractivity contribution in [2.75, 3.05) is 12.3 Å². The third-order valence-corrected chi connectivity index (χ3v) is 4.57. The molecule has 2 unspecified atom stereocenters. The van der Waals surface area contributed by atoms with Crippen molar-refractivity contribution in [1.29, 1.82) is 0 Å². The van der Waals surface area contributed by atoms with Gasteiger partial charge in [0.15, 0.2) is 0 Å². The van der Waals surface area contributed by atoms with Crippen LogP contribution in [-0.2, 0) is 13.0 Å². The molecule has 104 valence electrons. The summed E-state index contributed by atoms with van der Waals surface area (Å²) in [4.78, 5) is 4.36. The number of hydrogen-bond acceptors (Lipinski definition) is 4. The molecule has 1 aromatic heterocycles. The lowest BCUT2D eigenvalue weighted by molar-refractivity contribution is 0.526. The maximum absolute atomic E-state index is 4.36. The molecule has 0 spiro atoms. The minimum atomic E-state index is 0.489. The summed E-state index contributed by atoms with van der Waals surface area (Å²) >= 11 is 2.04. The lowest BCUT2D eigenvalue weighted by Gasteiger charge is -2.19. The fourth-order valence-electron chi connectivity index (χ4n) is 1.81. The molecule has 0 aliphatic heterocycles. The molecule has 0 fully saturated rings. The largest absolute Gasteiger partial charge is 0.313 e. The minimum absolute atomic E-state index is 0.489. The van der Waals surface area contributed by atoms with Gasteiger partial charge in [-0.15, -0.1) is 0 Å². The van der Waals surface area contributed by atoms with E-state index in [-0.39, 0.29) is 0 Å². The first-order valence-corrected chi connectivity index (χ1v) is 7.97. The summed E-state index contributed by atoms with van der Waals surface area (Å²) in [6, 6.07) is 0.489. The second kappa shape index (κ2) is 8.53. The van der Waals surface area contributed by atoms with Gasteiger partial charge in [0.1, 0.15) is 12.2 Å². The van der Waals surface area contributed by atoms with Crippen molar-refractivity contribution in [3.05, 3.63) is 12.2 Å². The average Bonchev–Trinajstić information content (AvgIpc) is 2.83. The van der Waals surface area contributed by atoms with Crippen LogP contribution in [0.2, 0.25) is 0 Å². The van der Waals surface area contributed by atoms with E-state index in [1.807, 2.05) is 16.4 Å². The van der Waals surface area contributed by atoms with E-state index in [0.717, 1.165) is 36.3 Å². The number of nitrogens with zero attached hydrogens (tertiary/aromatic N) is 3. The predicted octanol–water partition coefficient (Wildman–Crippen LogP) is 2.35. The Morgan fingerprint density at radius 1 is 1.39 bits per heavy atom. The van der Waals surface area contributed by atoms with Gasteiger partial charge < -0.3 is 5.32 Å². The fourth-order valence-corrected chi connectivity index (χ4v) is 2.84. The van der Waals surface area contributed by atoms with E-state index in [1.54, 1.807) is 6.33 Å². The van der Waals surface area contributed by atoms with Crippen molar-refractivity contribution in [2.45, 2.75) is 58.4 Å². The van der Waals surface area contributed by atoms with Crippen LogP contribution >= 0.6 is 11.8 Å². The predicted molar refractivity (Wildman–Crippen MR) is 79.1 cm³/mol. The van der Waals surface area contributed by atoms with Crippen molar-refractivity contribution in [3.8, 4) is 0 Å². The molecule has 0 saturated carbocycles. The highest BCUT2D eigenvalue weighted by Crippen LogP contribution is 2.16. The van der Waals surface area contributed by atoms with E-state index in [2.05, 4.69) is 43.1 Å². The van der Waals surface area contributed by atoms with Crippen molar-refractivity contribution in [3.63, 3.8) is 0 Å². The number of thioether (sulfide) groups is 1. The van der Waals surface area contributed by atoms with Crippen molar-refractivity contribution < 1.29 is 0 Å². The summed E-state index contributed by atoms with van der Waals surface area (Å²) in [5.41, 5.74) is 0. The Morgan fingerprint density at radius 3 is 2.78 bits per heavy atom. The Bertz CT molecular complexity index is 327. The van der Waals surface area contributed by atoms with Gasteiger partial charge in [0, 0.05) is 30.0 Å². The van der Waals surface area contributed by atoms with E-state index in [1.165, 1.54) is 6.42 Å². The first kappa shape index (κ1) is 15.5. The van der Waals surface area contributed by atoms with Crippen LogP contribution in [0.15, 0.2) is 6.33 Å². The quantitative estimate of drug-likeness (QED) is 0.748. The molecule has 0 aromatic carbocycles. The molecule has 18 heavy (non-hydrogen) atoms. The van der Waals surface area contributed by atoms with E-state index < -0.39 is 0 Å². The molecule has 0 radical (unpaired) electrons. The smallest absolute Gasteiger partial charge is 0.138 e. The first-order valence-electron chi connectivity index (χ1n) is 6.92. The number of likely N-dealkylation sites (N-methyl/N-ethyl adjacent to an activating group) is 1. The summed E-state index contributed by atoms with van der Waals surface area (Å²) in [7, 11) is 0. The SMILES string of the molecule is CCNC(CSC(C)CC)Cc1ncnn1CC. The highest BCUT2D eigenvalue weighted by molar-refractivity contribution is 7.99. The Hall–Kier alpha value is -0.550. The molecule has 1 aromatic rings. The van der Waals surface area contributed by atoms with Gasteiger partial charge in [-0.3, -0.25) is 4.68 Å². The van der Waals surface area contributed by atoms with Gasteiger partial charge in [0.2, 0.25) is 0 Å². The average molecular weight is 270 g/mol. The van der Waals surface area contributed by atoms with Gasteiger partial charge in [0.25, 0.3) is 0 Å². The number of hydrogen-bond donors (Lipinski definition) is 1. The summed E-state index contributed by atoms with van der Waals surface area (Å²) in [6.07, 6.45) is 3.85. The van der Waals surface area contributed by atoms with Crippen LogP contribution in [0, 0.1) is 0 Å². The Balaban J connectivity index is 2.51. The minimum Gasteiger partial charge on any atom is -0.313 e. The van der Waals surface area contributed by atoms with Crippen LogP contribution in [-0.4, -0.2) is 38.4 Å². The molecule has 0 aliphatic rings. The topological polar surface area (TPSA) is 42.7 Å². The molecule has 5 heteroatoms.